The van der Waals surface area contributed by atoms with E-state index in [-0.39, 0.29) is 5.38 Å². The van der Waals surface area contributed by atoms with E-state index >= 15 is 0 Å². The first-order valence-corrected chi connectivity index (χ1v) is 6.71. The van der Waals surface area contributed by atoms with Crippen LogP contribution >= 0.6 is 11.6 Å². The third-order valence-corrected chi connectivity index (χ3v) is 4.17. The monoisotopic (exact) mass is 246 g/mol. The van der Waals surface area contributed by atoms with Crippen molar-refractivity contribution in [3.63, 3.8) is 0 Å². The van der Waals surface area contributed by atoms with E-state index in [1.165, 1.54) is 16.7 Å². The fourth-order valence-corrected chi connectivity index (χ4v) is 2.82. The zero-order valence-electron chi connectivity index (χ0n) is 10.5. The van der Waals surface area contributed by atoms with E-state index in [9.17, 15) is 0 Å². The zero-order chi connectivity index (χ0) is 12.3. The molecule has 1 aromatic rings. The van der Waals surface area contributed by atoms with Crippen LogP contribution in [0.1, 0.15) is 36.8 Å². The molecule has 0 amide bonds. The van der Waals surface area contributed by atoms with Gasteiger partial charge in [-0.3, -0.25) is 0 Å². The highest BCUT2D eigenvalue weighted by molar-refractivity contribution is 6.21. The van der Waals surface area contributed by atoms with Crippen LogP contribution in [0, 0.1) is 5.92 Å². The van der Waals surface area contributed by atoms with Crippen molar-refractivity contribution in [2.75, 3.05) is 0 Å². The molecule has 17 heavy (non-hydrogen) atoms. The Morgan fingerprint density at radius 3 is 2.76 bits per heavy atom. The summed E-state index contributed by atoms with van der Waals surface area (Å²) in [7, 11) is 0. The minimum absolute atomic E-state index is 0.102. The molecule has 0 bridgehead atoms. The van der Waals surface area contributed by atoms with Gasteiger partial charge in [0.1, 0.15) is 0 Å². The van der Waals surface area contributed by atoms with Crippen molar-refractivity contribution in [3.05, 3.63) is 59.2 Å². The second-order valence-corrected chi connectivity index (χ2v) is 5.13. The maximum absolute atomic E-state index is 6.61. The van der Waals surface area contributed by atoms with Crippen LogP contribution in [0.2, 0.25) is 0 Å². The first kappa shape index (κ1) is 12.4. The topological polar surface area (TPSA) is 0 Å². The molecule has 0 aliphatic heterocycles. The van der Waals surface area contributed by atoms with E-state index in [1.807, 2.05) is 6.92 Å². The van der Waals surface area contributed by atoms with Crippen molar-refractivity contribution < 1.29 is 0 Å². The summed E-state index contributed by atoms with van der Waals surface area (Å²) in [4.78, 5) is 0. The third kappa shape index (κ3) is 2.63. The Morgan fingerprint density at radius 2 is 2.00 bits per heavy atom. The highest BCUT2D eigenvalue weighted by Gasteiger charge is 2.25. The van der Waals surface area contributed by atoms with Gasteiger partial charge in [-0.25, -0.2) is 0 Å². The fourth-order valence-electron chi connectivity index (χ4n) is 2.45. The van der Waals surface area contributed by atoms with Gasteiger partial charge < -0.3 is 0 Å². The quantitative estimate of drug-likeness (QED) is 0.480. The van der Waals surface area contributed by atoms with Crippen LogP contribution < -0.4 is 0 Å². The first-order valence-electron chi connectivity index (χ1n) is 6.27. The Kier molecular flexibility index (Phi) is 4.06. The summed E-state index contributed by atoms with van der Waals surface area (Å²) in [5.74, 6) is 0.413. The average molecular weight is 247 g/mol. The summed E-state index contributed by atoms with van der Waals surface area (Å²) in [6.07, 6.45) is 8.64. The van der Waals surface area contributed by atoms with E-state index < -0.39 is 0 Å². The van der Waals surface area contributed by atoms with Gasteiger partial charge >= 0.3 is 0 Å². The molecule has 1 aromatic carbocycles. The molecule has 2 unspecified atom stereocenters. The highest BCUT2D eigenvalue weighted by atomic mass is 35.5. The molecule has 90 valence electrons. The van der Waals surface area contributed by atoms with Crippen LogP contribution in [0.5, 0.6) is 0 Å². The maximum atomic E-state index is 6.61. The van der Waals surface area contributed by atoms with Gasteiger partial charge in [0.05, 0.1) is 5.38 Å². The molecule has 0 nitrogen and oxygen atoms in total. The van der Waals surface area contributed by atoms with Crippen molar-refractivity contribution in [3.8, 4) is 0 Å². The molecular weight excluding hydrogens is 228 g/mol. The van der Waals surface area contributed by atoms with Gasteiger partial charge in [0.25, 0.3) is 0 Å². The van der Waals surface area contributed by atoms with Crippen molar-refractivity contribution in [1.82, 2.24) is 0 Å². The van der Waals surface area contributed by atoms with Gasteiger partial charge in [-0.15, -0.1) is 11.6 Å². The predicted octanol–water partition coefficient (Wildman–Crippen LogP) is 5.05. The Balaban J connectivity index is 2.35. The van der Waals surface area contributed by atoms with Gasteiger partial charge in [-0.2, -0.15) is 0 Å². The Labute approximate surface area is 109 Å². The standard InChI is InChI=1S/C16H19Cl/c1-3-4-7-13-10-11-14-8-5-6-9-15(14)16(17)12(13)2/h3-9,12,16H,10-11H2,1-2H3. The Bertz CT molecular complexity index is 443. The van der Waals surface area contributed by atoms with Crippen LogP contribution in [-0.2, 0) is 6.42 Å². The number of aryl methyl sites for hydroxylation is 1. The number of halogens is 1. The number of rotatable bonds is 1. The number of allylic oxidation sites excluding steroid dienone is 4. The lowest BCUT2D eigenvalue weighted by Crippen LogP contribution is -2.05. The van der Waals surface area contributed by atoms with Gasteiger partial charge in [-0.05, 0) is 36.8 Å². The van der Waals surface area contributed by atoms with Crippen molar-refractivity contribution in [2.24, 2.45) is 5.92 Å². The minimum atomic E-state index is 0.102. The van der Waals surface area contributed by atoms with E-state index in [1.54, 1.807) is 0 Å². The molecule has 0 fully saturated rings. The van der Waals surface area contributed by atoms with Crippen molar-refractivity contribution in [1.29, 1.82) is 0 Å². The van der Waals surface area contributed by atoms with Gasteiger partial charge in [0.2, 0.25) is 0 Å². The Hall–Kier alpha value is -1.01. The molecule has 0 spiro atoms. The molecule has 0 radical (unpaired) electrons. The van der Waals surface area contributed by atoms with Crippen LogP contribution in [0.3, 0.4) is 0 Å². The van der Waals surface area contributed by atoms with Crippen molar-refractivity contribution in [2.45, 2.75) is 32.1 Å². The molecule has 2 rings (SSSR count). The summed E-state index contributed by atoms with van der Waals surface area (Å²) < 4.78 is 0. The third-order valence-electron chi connectivity index (χ3n) is 3.56. The molecule has 0 heterocycles. The molecule has 1 heteroatoms. The summed E-state index contributed by atoms with van der Waals surface area (Å²) in [5.41, 5.74) is 4.17. The largest absolute Gasteiger partial charge is 0.117 e. The summed E-state index contributed by atoms with van der Waals surface area (Å²) in [5, 5.41) is 0.102. The molecule has 0 aromatic heterocycles. The van der Waals surface area contributed by atoms with Gasteiger partial charge in [-0.1, -0.05) is 55.0 Å². The Morgan fingerprint density at radius 1 is 1.24 bits per heavy atom. The SMILES string of the molecule is CC=CC=C1CCc2ccccc2C(Cl)C1C. The van der Waals surface area contributed by atoms with E-state index in [4.69, 9.17) is 11.6 Å². The molecule has 1 aliphatic rings. The highest BCUT2D eigenvalue weighted by Crippen LogP contribution is 2.40. The number of hydrogen-bond acceptors (Lipinski definition) is 0. The van der Waals surface area contributed by atoms with Gasteiger partial charge in [0, 0.05) is 0 Å². The van der Waals surface area contributed by atoms with Crippen LogP contribution in [-0.4, -0.2) is 0 Å². The van der Waals surface area contributed by atoms with Crippen LogP contribution in [0.25, 0.3) is 0 Å². The predicted molar refractivity (Wildman–Crippen MR) is 75.4 cm³/mol. The maximum Gasteiger partial charge on any atom is 0.0650 e. The van der Waals surface area contributed by atoms with Crippen LogP contribution in [0.15, 0.2) is 48.1 Å². The normalized spacial score (nSPS) is 27.1. The second-order valence-electron chi connectivity index (χ2n) is 4.66. The summed E-state index contributed by atoms with van der Waals surface area (Å²) >= 11 is 6.61. The smallest absolute Gasteiger partial charge is 0.0650 e. The summed E-state index contributed by atoms with van der Waals surface area (Å²) in [6.45, 7) is 4.28. The lowest BCUT2D eigenvalue weighted by Gasteiger charge is -2.18. The number of benzene rings is 1. The molecule has 0 N–H and O–H groups in total. The number of fused-ring (bicyclic) bond motifs is 1. The van der Waals surface area contributed by atoms with Crippen LogP contribution in [0.4, 0.5) is 0 Å². The lowest BCUT2D eigenvalue weighted by molar-refractivity contribution is 0.642. The minimum Gasteiger partial charge on any atom is -0.117 e. The first-order chi connectivity index (χ1) is 8.24. The number of hydrogen-bond donors (Lipinski definition) is 0. The molecular formula is C16H19Cl. The molecule has 0 saturated carbocycles. The van der Waals surface area contributed by atoms with Gasteiger partial charge in [0.15, 0.2) is 0 Å². The molecule has 1 aliphatic carbocycles. The van der Waals surface area contributed by atoms with E-state index in [0.29, 0.717) is 5.92 Å². The van der Waals surface area contributed by atoms with Crippen molar-refractivity contribution >= 4 is 11.6 Å². The second kappa shape index (κ2) is 5.55. The zero-order valence-corrected chi connectivity index (χ0v) is 11.2. The average Bonchev–Trinajstić information content (AvgIpc) is 2.48. The number of alkyl halides is 1. The lowest BCUT2D eigenvalue weighted by atomic mass is 9.93. The fraction of sp³-hybridized carbons (Fsp3) is 0.375. The molecule has 0 saturated heterocycles. The summed E-state index contributed by atoms with van der Waals surface area (Å²) in [6, 6.07) is 8.56. The van der Waals surface area contributed by atoms with E-state index in [0.717, 1.165) is 12.8 Å². The van der Waals surface area contributed by atoms with E-state index in [2.05, 4.69) is 49.4 Å². The molecule has 2 atom stereocenters.